The normalized spacial score (nSPS) is 12.0. The second kappa shape index (κ2) is 6.91. The van der Waals surface area contributed by atoms with Gasteiger partial charge in [-0.25, -0.2) is 0 Å². The Hall–Kier alpha value is -2.89. The van der Waals surface area contributed by atoms with Gasteiger partial charge < -0.3 is 14.3 Å². The number of aryl methyl sites for hydroxylation is 1. The molecule has 3 aromatic rings. The molecule has 2 heterocycles. The van der Waals surface area contributed by atoms with Crippen molar-refractivity contribution in [1.82, 2.24) is 15.5 Å². The quantitative estimate of drug-likeness (QED) is 0.756. The number of rotatable bonds is 6. The summed E-state index contributed by atoms with van der Waals surface area (Å²) in [5.74, 6) is 0.907. The van der Waals surface area contributed by atoms with Crippen molar-refractivity contribution in [3.8, 4) is 0 Å². The summed E-state index contributed by atoms with van der Waals surface area (Å²) in [5, 5.41) is 6.90. The smallest absolute Gasteiger partial charge is 0.287 e. The summed E-state index contributed by atoms with van der Waals surface area (Å²) in [6.07, 6.45) is 3.08. The molecule has 1 aromatic carbocycles. The van der Waals surface area contributed by atoms with Gasteiger partial charge in [0.25, 0.3) is 5.91 Å². The number of aromatic nitrogens is 2. The van der Waals surface area contributed by atoms with Crippen LogP contribution in [-0.2, 0) is 6.42 Å². The van der Waals surface area contributed by atoms with Crippen molar-refractivity contribution < 1.29 is 13.7 Å². The molecule has 0 unspecified atom stereocenters. The number of nitrogens with zero attached hydrogens (tertiary/aromatic N) is 2. The molecule has 0 fully saturated rings. The van der Waals surface area contributed by atoms with E-state index >= 15 is 0 Å². The third-order valence-corrected chi connectivity index (χ3v) is 3.36. The predicted octanol–water partition coefficient (Wildman–Crippen LogP) is 3.13. The third-order valence-electron chi connectivity index (χ3n) is 3.36. The predicted molar refractivity (Wildman–Crippen MR) is 82.8 cm³/mol. The summed E-state index contributed by atoms with van der Waals surface area (Å²) in [4.78, 5) is 16.7. The van der Waals surface area contributed by atoms with Crippen molar-refractivity contribution in [2.75, 3.05) is 0 Å². The second-order valence-electron chi connectivity index (χ2n) is 5.09. The van der Waals surface area contributed by atoms with Crippen LogP contribution in [0.1, 0.15) is 47.2 Å². The van der Waals surface area contributed by atoms with Crippen molar-refractivity contribution in [3.05, 3.63) is 71.8 Å². The van der Waals surface area contributed by atoms with Gasteiger partial charge >= 0.3 is 0 Å². The van der Waals surface area contributed by atoms with E-state index in [1.54, 1.807) is 12.1 Å². The molecule has 3 rings (SSSR count). The van der Waals surface area contributed by atoms with Crippen LogP contribution in [0.5, 0.6) is 0 Å². The van der Waals surface area contributed by atoms with Crippen LogP contribution in [0.2, 0.25) is 0 Å². The van der Waals surface area contributed by atoms with Gasteiger partial charge in [-0.2, -0.15) is 4.98 Å². The van der Waals surface area contributed by atoms with Gasteiger partial charge in [0.15, 0.2) is 11.6 Å². The van der Waals surface area contributed by atoms with Crippen molar-refractivity contribution >= 4 is 5.91 Å². The lowest BCUT2D eigenvalue weighted by atomic mass is 10.1. The first-order chi connectivity index (χ1) is 11.3. The molecule has 1 amide bonds. The van der Waals surface area contributed by atoms with Crippen LogP contribution < -0.4 is 5.32 Å². The van der Waals surface area contributed by atoms with Crippen molar-refractivity contribution in [2.24, 2.45) is 0 Å². The van der Waals surface area contributed by atoms with Crippen LogP contribution >= 0.6 is 0 Å². The van der Waals surface area contributed by atoms with Gasteiger partial charge in [-0.15, -0.1) is 0 Å². The van der Waals surface area contributed by atoms with E-state index in [0.29, 0.717) is 18.1 Å². The minimum absolute atomic E-state index is 0.239. The lowest BCUT2D eigenvalue weighted by molar-refractivity contribution is 0.0913. The molecule has 0 aliphatic heterocycles. The zero-order valence-electron chi connectivity index (χ0n) is 12.7. The summed E-state index contributed by atoms with van der Waals surface area (Å²) < 4.78 is 10.4. The third kappa shape index (κ3) is 3.48. The molecular weight excluding hydrogens is 294 g/mol. The topological polar surface area (TPSA) is 81.2 Å². The highest BCUT2D eigenvalue weighted by molar-refractivity contribution is 5.91. The van der Waals surface area contributed by atoms with Gasteiger partial charge in [-0.1, -0.05) is 42.4 Å². The van der Waals surface area contributed by atoms with E-state index in [1.165, 1.54) is 6.26 Å². The van der Waals surface area contributed by atoms with Gasteiger partial charge in [-0.3, -0.25) is 4.79 Å². The van der Waals surface area contributed by atoms with E-state index in [9.17, 15) is 4.79 Å². The molecule has 0 aliphatic rings. The Labute approximate surface area is 133 Å². The molecule has 0 saturated heterocycles. The number of benzene rings is 1. The summed E-state index contributed by atoms with van der Waals surface area (Å²) in [7, 11) is 0. The molecule has 0 spiro atoms. The Morgan fingerprint density at radius 1 is 1.22 bits per heavy atom. The molecular formula is C17H17N3O3. The zero-order valence-corrected chi connectivity index (χ0v) is 12.7. The molecule has 0 radical (unpaired) electrons. The van der Waals surface area contributed by atoms with Crippen LogP contribution in [0.15, 0.2) is 57.7 Å². The maximum atomic E-state index is 12.3. The monoisotopic (exact) mass is 311 g/mol. The highest BCUT2D eigenvalue weighted by atomic mass is 16.5. The minimum Gasteiger partial charge on any atom is -0.459 e. The van der Waals surface area contributed by atoms with Crippen LogP contribution in [0.4, 0.5) is 0 Å². The van der Waals surface area contributed by atoms with E-state index in [-0.39, 0.29) is 11.7 Å². The highest BCUT2D eigenvalue weighted by Gasteiger charge is 2.23. The highest BCUT2D eigenvalue weighted by Crippen LogP contribution is 2.20. The van der Waals surface area contributed by atoms with Crippen LogP contribution in [-0.4, -0.2) is 16.0 Å². The van der Waals surface area contributed by atoms with Gasteiger partial charge in [0, 0.05) is 6.42 Å². The van der Waals surface area contributed by atoms with E-state index in [2.05, 4.69) is 15.5 Å². The Bertz CT molecular complexity index is 751. The Balaban J connectivity index is 1.88. The van der Waals surface area contributed by atoms with Crippen LogP contribution in [0.3, 0.4) is 0 Å². The summed E-state index contributed by atoms with van der Waals surface area (Å²) in [6.45, 7) is 2.04. The average Bonchev–Trinajstić information content (AvgIpc) is 3.25. The SMILES string of the molecule is CCCc1nc([C@H](NC(=O)c2ccco2)c2ccccc2)no1. The Kier molecular flexibility index (Phi) is 4.52. The number of carbonyl (C=O) groups is 1. The maximum absolute atomic E-state index is 12.3. The number of carbonyl (C=O) groups excluding carboxylic acids is 1. The fourth-order valence-electron chi connectivity index (χ4n) is 2.25. The fraction of sp³-hybridized carbons (Fsp3) is 0.235. The minimum atomic E-state index is -0.497. The van der Waals surface area contributed by atoms with Gasteiger partial charge in [0.05, 0.1) is 6.26 Å². The average molecular weight is 311 g/mol. The molecule has 0 saturated carbocycles. The number of amides is 1. The van der Waals surface area contributed by atoms with Crippen molar-refractivity contribution in [1.29, 1.82) is 0 Å². The molecule has 1 N–H and O–H groups in total. The molecule has 0 bridgehead atoms. The Morgan fingerprint density at radius 2 is 2.04 bits per heavy atom. The number of hydrogen-bond acceptors (Lipinski definition) is 5. The largest absolute Gasteiger partial charge is 0.459 e. The van der Waals surface area contributed by atoms with Crippen molar-refractivity contribution in [2.45, 2.75) is 25.8 Å². The molecule has 118 valence electrons. The van der Waals surface area contributed by atoms with Crippen molar-refractivity contribution in [3.63, 3.8) is 0 Å². The van der Waals surface area contributed by atoms with Gasteiger partial charge in [0.2, 0.25) is 5.89 Å². The summed E-state index contributed by atoms with van der Waals surface area (Å²) in [5.41, 5.74) is 0.872. The summed E-state index contributed by atoms with van der Waals surface area (Å²) in [6, 6.07) is 12.3. The first-order valence-corrected chi connectivity index (χ1v) is 7.49. The molecule has 6 heteroatoms. The Morgan fingerprint density at radius 3 is 2.74 bits per heavy atom. The lowest BCUT2D eigenvalue weighted by Crippen LogP contribution is -2.29. The maximum Gasteiger partial charge on any atom is 0.287 e. The molecule has 6 nitrogen and oxygen atoms in total. The molecule has 23 heavy (non-hydrogen) atoms. The van der Waals surface area contributed by atoms with Crippen LogP contribution in [0.25, 0.3) is 0 Å². The van der Waals surface area contributed by atoms with Crippen LogP contribution in [0, 0.1) is 0 Å². The fourth-order valence-corrected chi connectivity index (χ4v) is 2.25. The number of nitrogens with one attached hydrogen (secondary N) is 1. The van der Waals surface area contributed by atoms with Gasteiger partial charge in [0.1, 0.15) is 6.04 Å². The summed E-state index contributed by atoms with van der Waals surface area (Å²) >= 11 is 0. The van der Waals surface area contributed by atoms with E-state index in [0.717, 1.165) is 12.0 Å². The zero-order chi connectivity index (χ0) is 16.1. The van der Waals surface area contributed by atoms with E-state index in [1.807, 2.05) is 37.3 Å². The van der Waals surface area contributed by atoms with E-state index < -0.39 is 6.04 Å². The molecule has 1 atom stereocenters. The second-order valence-corrected chi connectivity index (χ2v) is 5.09. The standard InChI is InChI=1S/C17H17N3O3/c1-2-7-14-18-16(20-23-14)15(12-8-4-3-5-9-12)19-17(21)13-10-6-11-22-13/h3-6,8-11,15H,2,7H2,1H3,(H,19,21)/t15-/m1/s1. The first-order valence-electron chi connectivity index (χ1n) is 7.49. The van der Waals surface area contributed by atoms with Gasteiger partial charge in [-0.05, 0) is 24.1 Å². The molecule has 2 aromatic heterocycles. The number of hydrogen-bond donors (Lipinski definition) is 1. The lowest BCUT2D eigenvalue weighted by Gasteiger charge is -2.14. The first kappa shape index (κ1) is 15.0. The number of furan rings is 1. The van der Waals surface area contributed by atoms with E-state index in [4.69, 9.17) is 8.94 Å². The molecule has 0 aliphatic carbocycles.